The molecule has 0 saturated heterocycles. The van der Waals surface area contributed by atoms with E-state index in [0.29, 0.717) is 35.5 Å². The Morgan fingerprint density at radius 3 is 2.43 bits per heavy atom. The average Bonchev–Trinajstić information content (AvgIpc) is 2.38. The molecule has 0 fully saturated rings. The van der Waals surface area contributed by atoms with Crippen LogP contribution in [-0.2, 0) is 34.9 Å². The van der Waals surface area contributed by atoms with E-state index in [4.69, 9.17) is 5.11 Å². The minimum Gasteiger partial charge on any atom is -0.481 e. The van der Waals surface area contributed by atoms with E-state index in [-0.39, 0.29) is 12.5 Å². The molecule has 21 heavy (non-hydrogen) atoms. The van der Waals surface area contributed by atoms with Crippen LogP contribution in [0.1, 0.15) is 43.8 Å². The molecule has 0 bridgehead atoms. The van der Waals surface area contributed by atoms with Crippen LogP contribution in [0.4, 0.5) is 0 Å². The number of hydrogen-bond acceptors (Lipinski definition) is 4. The third kappa shape index (κ3) is 4.23. The van der Waals surface area contributed by atoms with Gasteiger partial charge in [-0.05, 0) is 19.8 Å². The van der Waals surface area contributed by atoms with Crippen LogP contribution >= 0.6 is 0 Å². The first-order valence-corrected chi connectivity index (χ1v) is 8.69. The minimum absolute atomic E-state index is 0.151. The Balaban J connectivity index is 3.52. The Kier molecular flexibility index (Phi) is 6.26. The van der Waals surface area contributed by atoms with Gasteiger partial charge in [0.25, 0.3) is 0 Å². The lowest BCUT2D eigenvalue weighted by Crippen LogP contribution is -2.34. The molecule has 0 amide bonds. The molecule has 1 N–H and O–H groups in total. The third-order valence-corrected chi connectivity index (χ3v) is 4.29. The van der Waals surface area contributed by atoms with E-state index in [0.717, 1.165) is 0 Å². The molecule has 0 aromatic carbocycles. The highest BCUT2D eigenvalue weighted by molar-refractivity contribution is 7.84. The van der Waals surface area contributed by atoms with Crippen molar-refractivity contribution in [1.29, 1.82) is 0 Å². The number of carboxylic acids is 1. The van der Waals surface area contributed by atoms with Gasteiger partial charge in [-0.3, -0.25) is 13.6 Å². The lowest BCUT2D eigenvalue weighted by atomic mass is 10.0. The second kappa shape index (κ2) is 7.49. The fraction of sp³-hybridized carbons (Fsp3) is 0.643. The van der Waals surface area contributed by atoms with Crippen LogP contribution in [0, 0.1) is 0 Å². The van der Waals surface area contributed by atoms with Gasteiger partial charge in [-0.1, -0.05) is 13.8 Å². The summed E-state index contributed by atoms with van der Waals surface area (Å²) in [4.78, 5) is 27.4. The quantitative estimate of drug-likeness (QED) is 0.809. The molecular formula is C14H22N2O4S. The molecule has 2 atom stereocenters. The number of aromatic nitrogens is 2. The van der Waals surface area contributed by atoms with Gasteiger partial charge in [0, 0.05) is 40.1 Å². The van der Waals surface area contributed by atoms with E-state index >= 15 is 0 Å². The predicted octanol–water partition coefficient (Wildman–Crippen LogP) is 0.935. The van der Waals surface area contributed by atoms with E-state index < -0.39 is 22.5 Å². The second-order valence-electron chi connectivity index (χ2n) is 5.00. The molecule has 6 nitrogen and oxygen atoms in total. The molecule has 0 aliphatic carbocycles. The number of rotatable bonds is 7. The molecular weight excluding hydrogens is 292 g/mol. The standard InChI is InChI=1S/C14H22N2O4S/c1-5-11-10(7-13(17)18)12(6-2)16(14(19)15-11)9(3)8-21(4)20/h9H,5-8H2,1-4H3,(H,17,18). The van der Waals surface area contributed by atoms with Crippen molar-refractivity contribution in [3.05, 3.63) is 27.4 Å². The zero-order chi connectivity index (χ0) is 16.2. The van der Waals surface area contributed by atoms with Crippen LogP contribution in [0.2, 0.25) is 0 Å². The maximum absolute atomic E-state index is 12.2. The van der Waals surface area contributed by atoms with Gasteiger partial charge in [-0.15, -0.1) is 0 Å². The Bertz CT molecular complexity index is 610. The smallest absolute Gasteiger partial charge is 0.348 e. The number of nitrogens with zero attached hydrogens (tertiary/aromatic N) is 2. The first-order valence-electron chi connectivity index (χ1n) is 6.96. The summed E-state index contributed by atoms with van der Waals surface area (Å²) < 4.78 is 12.9. The van der Waals surface area contributed by atoms with Crippen molar-refractivity contribution in [1.82, 2.24) is 9.55 Å². The van der Waals surface area contributed by atoms with Gasteiger partial charge in [-0.25, -0.2) is 4.79 Å². The summed E-state index contributed by atoms with van der Waals surface area (Å²) in [5.41, 5.74) is 1.45. The molecule has 118 valence electrons. The number of carbonyl (C=O) groups is 1. The number of hydrogen-bond donors (Lipinski definition) is 1. The molecule has 7 heteroatoms. The highest BCUT2D eigenvalue weighted by Gasteiger charge is 2.20. The van der Waals surface area contributed by atoms with Gasteiger partial charge in [-0.2, -0.15) is 4.98 Å². The summed E-state index contributed by atoms with van der Waals surface area (Å²) >= 11 is 0. The van der Waals surface area contributed by atoms with Gasteiger partial charge in [0.05, 0.1) is 12.1 Å². The largest absolute Gasteiger partial charge is 0.481 e. The van der Waals surface area contributed by atoms with E-state index in [1.165, 1.54) is 4.57 Å². The van der Waals surface area contributed by atoms with Crippen LogP contribution in [0.25, 0.3) is 0 Å². The molecule has 2 unspecified atom stereocenters. The number of aryl methyl sites for hydroxylation is 1. The van der Waals surface area contributed by atoms with Crippen LogP contribution in [-0.4, -0.2) is 36.8 Å². The van der Waals surface area contributed by atoms with Gasteiger partial charge in [0.1, 0.15) is 0 Å². The van der Waals surface area contributed by atoms with Gasteiger partial charge in [0.15, 0.2) is 0 Å². The van der Waals surface area contributed by atoms with Crippen molar-refractivity contribution < 1.29 is 14.1 Å². The molecule has 1 aromatic rings. The van der Waals surface area contributed by atoms with E-state index in [1.54, 1.807) is 13.2 Å². The van der Waals surface area contributed by atoms with E-state index in [1.807, 2.05) is 13.8 Å². The SMILES string of the molecule is CCc1nc(=O)n(C(C)CS(C)=O)c(CC)c1CC(=O)O. The fourth-order valence-electron chi connectivity index (χ4n) is 2.56. The lowest BCUT2D eigenvalue weighted by Gasteiger charge is -2.21. The fourth-order valence-corrected chi connectivity index (χ4v) is 3.39. The zero-order valence-corrected chi connectivity index (χ0v) is 13.7. The zero-order valence-electron chi connectivity index (χ0n) is 12.9. The summed E-state index contributed by atoms with van der Waals surface area (Å²) in [7, 11) is -1.04. The maximum Gasteiger partial charge on any atom is 0.348 e. The maximum atomic E-state index is 12.2. The average molecular weight is 314 g/mol. The Hall–Kier alpha value is -1.50. The molecule has 0 spiro atoms. The molecule has 1 aromatic heterocycles. The normalized spacial score (nSPS) is 13.9. The first kappa shape index (κ1) is 17.6. The van der Waals surface area contributed by atoms with Gasteiger partial charge < -0.3 is 5.11 Å². The van der Waals surface area contributed by atoms with Gasteiger partial charge >= 0.3 is 11.7 Å². The Morgan fingerprint density at radius 1 is 1.38 bits per heavy atom. The van der Waals surface area contributed by atoms with E-state index in [9.17, 15) is 13.8 Å². The number of carboxylic acid groups (broad SMARTS) is 1. The molecule has 1 heterocycles. The minimum atomic E-state index is -1.04. The summed E-state index contributed by atoms with van der Waals surface area (Å²) in [6.45, 7) is 5.53. The van der Waals surface area contributed by atoms with Crippen molar-refractivity contribution in [2.75, 3.05) is 12.0 Å². The van der Waals surface area contributed by atoms with E-state index in [2.05, 4.69) is 4.98 Å². The Labute approximate surface area is 126 Å². The monoisotopic (exact) mass is 314 g/mol. The number of aliphatic carboxylic acids is 1. The first-order chi connectivity index (χ1) is 9.81. The molecule has 1 rings (SSSR count). The molecule has 0 radical (unpaired) electrons. The highest BCUT2D eigenvalue weighted by Crippen LogP contribution is 2.17. The van der Waals surface area contributed by atoms with Crippen molar-refractivity contribution in [2.45, 2.75) is 46.1 Å². The summed E-state index contributed by atoms with van der Waals surface area (Å²) in [6, 6.07) is -0.274. The lowest BCUT2D eigenvalue weighted by molar-refractivity contribution is -0.136. The van der Waals surface area contributed by atoms with Crippen LogP contribution in [0.5, 0.6) is 0 Å². The Morgan fingerprint density at radius 2 is 2.00 bits per heavy atom. The highest BCUT2D eigenvalue weighted by atomic mass is 32.2. The third-order valence-electron chi connectivity index (χ3n) is 3.34. The van der Waals surface area contributed by atoms with Crippen molar-refractivity contribution >= 4 is 16.8 Å². The van der Waals surface area contributed by atoms with Crippen LogP contribution in [0.15, 0.2) is 4.79 Å². The molecule has 0 aliphatic heterocycles. The molecule has 0 aliphatic rings. The summed E-state index contributed by atoms with van der Waals surface area (Å²) in [6.07, 6.45) is 2.48. The van der Waals surface area contributed by atoms with Gasteiger partial charge in [0.2, 0.25) is 0 Å². The molecule has 0 saturated carbocycles. The second-order valence-corrected chi connectivity index (χ2v) is 6.48. The van der Waals surface area contributed by atoms with Crippen LogP contribution < -0.4 is 5.69 Å². The predicted molar refractivity (Wildman–Crippen MR) is 82.2 cm³/mol. The van der Waals surface area contributed by atoms with Crippen molar-refractivity contribution in [2.24, 2.45) is 0 Å². The van der Waals surface area contributed by atoms with Crippen molar-refractivity contribution in [3.63, 3.8) is 0 Å². The van der Waals surface area contributed by atoms with Crippen LogP contribution in [0.3, 0.4) is 0 Å². The summed E-state index contributed by atoms with van der Waals surface area (Å²) in [5, 5.41) is 9.09. The topological polar surface area (TPSA) is 89.3 Å². The van der Waals surface area contributed by atoms with Crippen molar-refractivity contribution in [3.8, 4) is 0 Å². The summed E-state index contributed by atoms with van der Waals surface area (Å²) in [5.74, 6) is -0.606.